The summed E-state index contributed by atoms with van der Waals surface area (Å²) in [5.74, 6) is 1.01. The molecule has 0 saturated heterocycles. The van der Waals surface area contributed by atoms with E-state index in [1.54, 1.807) is 12.5 Å². The van der Waals surface area contributed by atoms with Crippen LogP contribution in [0.2, 0.25) is 0 Å². The van der Waals surface area contributed by atoms with Gasteiger partial charge in [0.1, 0.15) is 5.82 Å². The predicted molar refractivity (Wildman–Crippen MR) is 79.7 cm³/mol. The second-order valence-corrected chi connectivity index (χ2v) is 5.62. The van der Waals surface area contributed by atoms with Crippen LogP contribution < -0.4 is 10.2 Å². The average molecular weight is 271 g/mol. The number of nitrogens with one attached hydrogen (secondary N) is 1. The van der Waals surface area contributed by atoms with Crippen molar-refractivity contribution in [2.45, 2.75) is 38.9 Å². The lowest BCUT2D eigenvalue weighted by atomic mass is 10.2. The van der Waals surface area contributed by atoms with E-state index < -0.39 is 0 Å². The summed E-state index contributed by atoms with van der Waals surface area (Å²) >= 11 is 0. The van der Waals surface area contributed by atoms with E-state index in [0.29, 0.717) is 0 Å². The van der Waals surface area contributed by atoms with Crippen LogP contribution in [0.25, 0.3) is 0 Å². The van der Waals surface area contributed by atoms with Crippen molar-refractivity contribution in [3.63, 3.8) is 0 Å². The smallest absolute Gasteiger partial charge is 0.129 e. The normalized spacial score (nSPS) is 14.5. The molecule has 0 amide bonds. The first-order valence-electron chi connectivity index (χ1n) is 7.14. The van der Waals surface area contributed by atoms with Gasteiger partial charge in [-0.25, -0.2) is 4.98 Å². The fourth-order valence-corrected chi connectivity index (χ4v) is 2.31. The van der Waals surface area contributed by atoms with Gasteiger partial charge in [-0.05, 0) is 43.5 Å². The Kier molecular flexibility index (Phi) is 3.74. The van der Waals surface area contributed by atoms with Crippen molar-refractivity contribution in [1.82, 2.24) is 10.3 Å². The number of hydrogen-bond donors (Lipinski definition) is 1. The minimum Gasteiger partial charge on any atom is -0.472 e. The number of anilines is 1. The second kappa shape index (κ2) is 5.67. The highest BCUT2D eigenvalue weighted by Crippen LogP contribution is 2.21. The van der Waals surface area contributed by atoms with Crippen LogP contribution in [-0.4, -0.2) is 18.1 Å². The molecule has 1 N–H and O–H groups in total. The maximum Gasteiger partial charge on any atom is 0.129 e. The SMILES string of the molecule is Cc1cc(CNC2CC2)cc(N(C)Cc2ccoc2)n1. The zero-order chi connectivity index (χ0) is 13.9. The van der Waals surface area contributed by atoms with Gasteiger partial charge in [0.15, 0.2) is 0 Å². The van der Waals surface area contributed by atoms with Gasteiger partial charge in [0.05, 0.1) is 12.5 Å². The molecule has 0 radical (unpaired) electrons. The number of pyridine rings is 1. The monoisotopic (exact) mass is 271 g/mol. The highest BCUT2D eigenvalue weighted by molar-refractivity contribution is 5.42. The number of aromatic nitrogens is 1. The first kappa shape index (κ1) is 13.2. The quantitative estimate of drug-likeness (QED) is 0.877. The molecule has 2 aromatic heterocycles. The molecule has 0 bridgehead atoms. The lowest BCUT2D eigenvalue weighted by molar-refractivity contribution is 0.563. The van der Waals surface area contributed by atoms with Crippen molar-refractivity contribution < 1.29 is 4.42 Å². The Bertz CT molecular complexity index is 561. The number of furan rings is 1. The van der Waals surface area contributed by atoms with Crippen LogP contribution in [0.1, 0.15) is 29.7 Å². The summed E-state index contributed by atoms with van der Waals surface area (Å²) in [6.45, 7) is 3.79. The molecule has 2 heterocycles. The molecule has 4 heteroatoms. The molecule has 1 fully saturated rings. The Morgan fingerprint density at radius 2 is 2.20 bits per heavy atom. The zero-order valence-corrected chi connectivity index (χ0v) is 12.1. The molecule has 1 aliphatic rings. The maximum atomic E-state index is 5.11. The zero-order valence-electron chi connectivity index (χ0n) is 12.1. The molecule has 3 rings (SSSR count). The van der Waals surface area contributed by atoms with Crippen LogP contribution in [0, 0.1) is 6.92 Å². The molecule has 0 atom stereocenters. The van der Waals surface area contributed by atoms with Crippen molar-refractivity contribution in [3.8, 4) is 0 Å². The number of aryl methyl sites for hydroxylation is 1. The van der Waals surface area contributed by atoms with Gasteiger partial charge in [-0.1, -0.05) is 0 Å². The molecule has 0 unspecified atom stereocenters. The third kappa shape index (κ3) is 3.39. The van der Waals surface area contributed by atoms with Crippen LogP contribution in [0.15, 0.2) is 35.1 Å². The third-order valence-electron chi connectivity index (χ3n) is 3.56. The summed E-state index contributed by atoms with van der Waals surface area (Å²) in [5, 5.41) is 3.55. The molecule has 106 valence electrons. The summed E-state index contributed by atoms with van der Waals surface area (Å²) < 4.78 is 5.11. The fraction of sp³-hybridized carbons (Fsp3) is 0.438. The second-order valence-electron chi connectivity index (χ2n) is 5.62. The standard InChI is InChI=1S/C16H21N3O/c1-12-7-14(9-17-15-3-4-15)8-16(18-12)19(2)10-13-5-6-20-11-13/h5-8,11,15,17H,3-4,9-10H2,1-2H3. The van der Waals surface area contributed by atoms with Gasteiger partial charge < -0.3 is 14.6 Å². The number of rotatable bonds is 6. The summed E-state index contributed by atoms with van der Waals surface area (Å²) in [6.07, 6.45) is 6.12. The van der Waals surface area contributed by atoms with E-state index in [9.17, 15) is 0 Å². The average Bonchev–Trinajstić information content (AvgIpc) is 3.12. The van der Waals surface area contributed by atoms with Crippen molar-refractivity contribution in [1.29, 1.82) is 0 Å². The lowest BCUT2D eigenvalue weighted by Gasteiger charge is -2.19. The van der Waals surface area contributed by atoms with Crippen LogP contribution in [0.4, 0.5) is 5.82 Å². The highest BCUT2D eigenvalue weighted by Gasteiger charge is 2.20. The number of hydrogen-bond acceptors (Lipinski definition) is 4. The van der Waals surface area contributed by atoms with E-state index in [2.05, 4.69) is 41.3 Å². The van der Waals surface area contributed by atoms with Gasteiger partial charge in [-0.3, -0.25) is 0 Å². The molecule has 1 saturated carbocycles. The summed E-state index contributed by atoms with van der Waals surface area (Å²) in [6, 6.07) is 7.05. The largest absolute Gasteiger partial charge is 0.472 e. The summed E-state index contributed by atoms with van der Waals surface area (Å²) in [7, 11) is 2.06. The molecule has 20 heavy (non-hydrogen) atoms. The van der Waals surface area contributed by atoms with Crippen LogP contribution in [-0.2, 0) is 13.1 Å². The van der Waals surface area contributed by atoms with Crippen molar-refractivity contribution in [2.24, 2.45) is 0 Å². The Morgan fingerprint density at radius 1 is 1.35 bits per heavy atom. The maximum absolute atomic E-state index is 5.11. The van der Waals surface area contributed by atoms with Crippen molar-refractivity contribution in [2.75, 3.05) is 11.9 Å². The topological polar surface area (TPSA) is 41.3 Å². The van der Waals surface area contributed by atoms with Crippen molar-refractivity contribution >= 4 is 5.82 Å². The van der Waals surface area contributed by atoms with Crippen LogP contribution in [0.3, 0.4) is 0 Å². The minimum atomic E-state index is 0.732. The molecule has 4 nitrogen and oxygen atoms in total. The van der Waals surface area contributed by atoms with Gasteiger partial charge in [0.25, 0.3) is 0 Å². The first-order chi connectivity index (χ1) is 9.70. The first-order valence-corrected chi connectivity index (χ1v) is 7.14. The third-order valence-corrected chi connectivity index (χ3v) is 3.56. The van der Waals surface area contributed by atoms with Crippen molar-refractivity contribution in [3.05, 3.63) is 47.5 Å². The molecular formula is C16H21N3O. The van der Waals surface area contributed by atoms with Gasteiger partial charge in [0.2, 0.25) is 0 Å². The van der Waals surface area contributed by atoms with Gasteiger partial charge in [-0.15, -0.1) is 0 Å². The van der Waals surface area contributed by atoms with Crippen LogP contribution >= 0.6 is 0 Å². The minimum absolute atomic E-state index is 0.732. The van der Waals surface area contributed by atoms with Crippen LogP contribution in [0.5, 0.6) is 0 Å². The van der Waals surface area contributed by atoms with E-state index in [-0.39, 0.29) is 0 Å². The lowest BCUT2D eigenvalue weighted by Crippen LogP contribution is -2.19. The molecule has 0 aliphatic heterocycles. The summed E-state index contributed by atoms with van der Waals surface area (Å²) in [4.78, 5) is 6.78. The molecule has 2 aromatic rings. The van der Waals surface area contributed by atoms with Gasteiger partial charge in [-0.2, -0.15) is 0 Å². The number of nitrogens with zero attached hydrogens (tertiary/aromatic N) is 2. The van der Waals surface area contributed by atoms with E-state index in [1.165, 1.54) is 18.4 Å². The van der Waals surface area contributed by atoms with Gasteiger partial charge >= 0.3 is 0 Å². The molecule has 0 aromatic carbocycles. The fourth-order valence-electron chi connectivity index (χ4n) is 2.31. The van der Waals surface area contributed by atoms with E-state index >= 15 is 0 Å². The Balaban J connectivity index is 1.70. The van der Waals surface area contributed by atoms with E-state index in [4.69, 9.17) is 4.42 Å². The molecular weight excluding hydrogens is 250 g/mol. The molecule has 0 spiro atoms. The van der Waals surface area contributed by atoms with E-state index in [0.717, 1.165) is 36.2 Å². The summed E-state index contributed by atoms with van der Waals surface area (Å²) in [5.41, 5.74) is 3.53. The highest BCUT2D eigenvalue weighted by atomic mass is 16.3. The molecule has 1 aliphatic carbocycles. The Hall–Kier alpha value is -1.81. The Morgan fingerprint density at radius 3 is 2.90 bits per heavy atom. The van der Waals surface area contributed by atoms with Gasteiger partial charge in [0, 0.05) is 37.4 Å². The Labute approximate surface area is 119 Å². The predicted octanol–water partition coefficient (Wildman–Crippen LogP) is 2.87. The van der Waals surface area contributed by atoms with E-state index in [1.807, 2.05) is 6.07 Å².